The number of hydrogen-bond donors (Lipinski definition) is 1. The minimum absolute atomic E-state index is 0.132. The van der Waals surface area contributed by atoms with Crippen LogP contribution in [0.3, 0.4) is 0 Å². The average Bonchev–Trinajstić information content (AvgIpc) is 2.64. The zero-order chi connectivity index (χ0) is 17.6. The molecule has 0 unspecified atom stereocenters. The highest BCUT2D eigenvalue weighted by molar-refractivity contribution is 5.40. The second kappa shape index (κ2) is 7.79. The third kappa shape index (κ3) is 4.15. The lowest BCUT2D eigenvalue weighted by Crippen LogP contribution is -2.24. The molecule has 0 amide bonds. The summed E-state index contributed by atoms with van der Waals surface area (Å²) in [6.07, 6.45) is 4.21. The van der Waals surface area contributed by atoms with E-state index >= 15 is 0 Å². The van der Waals surface area contributed by atoms with Gasteiger partial charge in [-0.1, -0.05) is 56.3 Å². The number of benzene rings is 2. The van der Waals surface area contributed by atoms with E-state index in [9.17, 15) is 4.79 Å². The van der Waals surface area contributed by atoms with E-state index in [0.29, 0.717) is 18.3 Å². The second-order valence-electron chi connectivity index (χ2n) is 6.36. The highest BCUT2D eigenvalue weighted by atomic mass is 16.1. The molecule has 128 valence electrons. The van der Waals surface area contributed by atoms with Gasteiger partial charge in [-0.3, -0.25) is 9.36 Å². The third-order valence-electron chi connectivity index (χ3n) is 4.23. The Hall–Kier alpha value is -2.88. The van der Waals surface area contributed by atoms with Crippen LogP contribution in [0.5, 0.6) is 0 Å². The zero-order valence-corrected chi connectivity index (χ0v) is 14.6. The molecule has 0 aliphatic carbocycles. The van der Waals surface area contributed by atoms with Gasteiger partial charge in [0.25, 0.3) is 5.56 Å². The van der Waals surface area contributed by atoms with Crippen LogP contribution in [-0.2, 0) is 6.42 Å². The summed E-state index contributed by atoms with van der Waals surface area (Å²) in [6.45, 7) is 4.98. The normalized spacial score (nSPS) is 10.8. The molecule has 0 fully saturated rings. The SMILES string of the molecule is CC(C)c1ccc(-n2ccnc(NCCc3ccccc3)c2=O)cc1. The van der Waals surface area contributed by atoms with Crippen LogP contribution in [0.4, 0.5) is 5.82 Å². The Morgan fingerprint density at radius 2 is 1.76 bits per heavy atom. The topological polar surface area (TPSA) is 46.9 Å². The van der Waals surface area contributed by atoms with Crippen molar-refractivity contribution in [2.75, 3.05) is 11.9 Å². The second-order valence-corrected chi connectivity index (χ2v) is 6.36. The van der Waals surface area contributed by atoms with E-state index in [1.54, 1.807) is 17.0 Å². The molecule has 2 aromatic carbocycles. The first kappa shape index (κ1) is 17.0. The highest BCUT2D eigenvalue weighted by Crippen LogP contribution is 2.16. The Balaban J connectivity index is 1.74. The molecule has 3 rings (SSSR count). The number of nitrogens with one attached hydrogen (secondary N) is 1. The summed E-state index contributed by atoms with van der Waals surface area (Å²) < 4.78 is 1.63. The zero-order valence-electron chi connectivity index (χ0n) is 14.6. The molecule has 4 nitrogen and oxygen atoms in total. The van der Waals surface area contributed by atoms with Crippen LogP contribution in [0.25, 0.3) is 5.69 Å². The molecule has 1 N–H and O–H groups in total. The highest BCUT2D eigenvalue weighted by Gasteiger charge is 2.07. The van der Waals surface area contributed by atoms with Crippen LogP contribution in [0.2, 0.25) is 0 Å². The molecule has 0 atom stereocenters. The van der Waals surface area contributed by atoms with Gasteiger partial charge in [-0.15, -0.1) is 0 Å². The number of aromatic nitrogens is 2. The molecule has 1 heterocycles. The van der Waals surface area contributed by atoms with Gasteiger partial charge in [0.05, 0.1) is 0 Å². The van der Waals surface area contributed by atoms with Crippen molar-refractivity contribution in [3.8, 4) is 5.69 Å². The van der Waals surface area contributed by atoms with Crippen LogP contribution in [0, 0.1) is 0 Å². The summed E-state index contributed by atoms with van der Waals surface area (Å²) in [6, 6.07) is 18.3. The first-order valence-electron chi connectivity index (χ1n) is 8.61. The Kier molecular flexibility index (Phi) is 5.29. The van der Waals surface area contributed by atoms with Crippen LogP contribution in [-0.4, -0.2) is 16.1 Å². The lowest BCUT2D eigenvalue weighted by atomic mass is 10.0. The summed E-state index contributed by atoms with van der Waals surface area (Å²) in [4.78, 5) is 16.9. The quantitative estimate of drug-likeness (QED) is 0.741. The minimum atomic E-state index is -0.132. The van der Waals surface area contributed by atoms with Crippen LogP contribution in [0.1, 0.15) is 30.9 Å². The van der Waals surface area contributed by atoms with Crippen molar-refractivity contribution in [3.05, 3.63) is 88.5 Å². The van der Waals surface area contributed by atoms with Gasteiger partial charge < -0.3 is 5.32 Å². The molecule has 0 aliphatic heterocycles. The van der Waals surface area contributed by atoms with E-state index in [0.717, 1.165) is 12.1 Å². The molecule has 3 aromatic rings. The Labute approximate surface area is 148 Å². The number of hydrogen-bond acceptors (Lipinski definition) is 3. The first-order chi connectivity index (χ1) is 12.1. The van der Waals surface area contributed by atoms with Gasteiger partial charge >= 0.3 is 0 Å². The molecule has 0 aliphatic rings. The van der Waals surface area contributed by atoms with Crippen molar-refractivity contribution in [2.24, 2.45) is 0 Å². The van der Waals surface area contributed by atoms with Crippen molar-refractivity contribution in [2.45, 2.75) is 26.2 Å². The van der Waals surface area contributed by atoms with Gasteiger partial charge in [0.2, 0.25) is 0 Å². The van der Waals surface area contributed by atoms with Crippen LogP contribution < -0.4 is 10.9 Å². The van der Waals surface area contributed by atoms with E-state index in [-0.39, 0.29) is 5.56 Å². The Bertz CT molecular complexity index is 868. The van der Waals surface area contributed by atoms with Crippen LogP contribution >= 0.6 is 0 Å². The predicted molar refractivity (Wildman–Crippen MR) is 103 cm³/mol. The fourth-order valence-corrected chi connectivity index (χ4v) is 2.73. The first-order valence-corrected chi connectivity index (χ1v) is 8.61. The summed E-state index contributed by atoms with van der Waals surface area (Å²) in [5, 5.41) is 3.16. The molecular formula is C21H23N3O. The lowest BCUT2D eigenvalue weighted by Gasteiger charge is -2.11. The van der Waals surface area contributed by atoms with Crippen molar-refractivity contribution in [1.82, 2.24) is 9.55 Å². The Morgan fingerprint density at radius 3 is 2.44 bits per heavy atom. The van der Waals surface area contributed by atoms with Crippen molar-refractivity contribution >= 4 is 5.82 Å². The maximum absolute atomic E-state index is 12.7. The Morgan fingerprint density at radius 1 is 1.04 bits per heavy atom. The largest absolute Gasteiger partial charge is 0.365 e. The standard InChI is InChI=1S/C21H23N3O/c1-16(2)18-8-10-19(11-9-18)24-15-14-23-20(21(24)25)22-13-12-17-6-4-3-5-7-17/h3-11,14-16H,12-13H2,1-2H3,(H,22,23). The molecule has 4 heteroatoms. The van der Waals surface area contributed by atoms with Crippen molar-refractivity contribution in [3.63, 3.8) is 0 Å². The van der Waals surface area contributed by atoms with E-state index in [2.05, 4.69) is 48.4 Å². The number of nitrogens with zero attached hydrogens (tertiary/aromatic N) is 2. The van der Waals surface area contributed by atoms with Crippen LogP contribution in [0.15, 0.2) is 71.8 Å². The van der Waals surface area contributed by atoms with Gasteiger partial charge in [0.15, 0.2) is 5.82 Å². The summed E-state index contributed by atoms with van der Waals surface area (Å²) in [5.41, 5.74) is 3.21. The van der Waals surface area contributed by atoms with Gasteiger partial charge in [-0.25, -0.2) is 4.98 Å². The number of rotatable bonds is 6. The van der Waals surface area contributed by atoms with Gasteiger partial charge in [-0.2, -0.15) is 0 Å². The summed E-state index contributed by atoms with van der Waals surface area (Å²) in [5.74, 6) is 0.852. The molecular weight excluding hydrogens is 310 g/mol. The monoisotopic (exact) mass is 333 g/mol. The van der Waals surface area contributed by atoms with E-state index in [1.165, 1.54) is 11.1 Å². The molecule has 0 spiro atoms. The smallest absolute Gasteiger partial charge is 0.297 e. The average molecular weight is 333 g/mol. The number of anilines is 1. The molecule has 0 radical (unpaired) electrons. The van der Waals surface area contributed by atoms with Crippen molar-refractivity contribution in [1.29, 1.82) is 0 Å². The molecule has 0 bridgehead atoms. The van der Waals surface area contributed by atoms with Crippen molar-refractivity contribution < 1.29 is 0 Å². The molecule has 1 aromatic heterocycles. The fourth-order valence-electron chi connectivity index (χ4n) is 2.73. The maximum atomic E-state index is 12.7. The molecule has 0 saturated carbocycles. The van der Waals surface area contributed by atoms with E-state index < -0.39 is 0 Å². The molecule has 25 heavy (non-hydrogen) atoms. The maximum Gasteiger partial charge on any atom is 0.297 e. The van der Waals surface area contributed by atoms with Gasteiger partial charge in [0.1, 0.15) is 0 Å². The van der Waals surface area contributed by atoms with Gasteiger partial charge in [-0.05, 0) is 35.6 Å². The molecule has 0 saturated heterocycles. The predicted octanol–water partition coefficient (Wildman–Crippen LogP) is 4.01. The summed E-state index contributed by atoms with van der Waals surface area (Å²) in [7, 11) is 0. The summed E-state index contributed by atoms with van der Waals surface area (Å²) >= 11 is 0. The third-order valence-corrected chi connectivity index (χ3v) is 4.23. The van der Waals surface area contributed by atoms with E-state index in [4.69, 9.17) is 0 Å². The lowest BCUT2D eigenvalue weighted by molar-refractivity contribution is 0.863. The van der Waals surface area contributed by atoms with Gasteiger partial charge in [0, 0.05) is 24.6 Å². The fraction of sp³-hybridized carbons (Fsp3) is 0.238. The van der Waals surface area contributed by atoms with E-state index in [1.807, 2.05) is 30.3 Å². The minimum Gasteiger partial charge on any atom is -0.365 e.